The summed E-state index contributed by atoms with van der Waals surface area (Å²) in [6.45, 7) is 4.07. The summed E-state index contributed by atoms with van der Waals surface area (Å²) in [6.07, 6.45) is 5.60. The number of hydrogen-bond acceptors (Lipinski definition) is 3. The molecule has 4 nitrogen and oxygen atoms in total. The lowest BCUT2D eigenvalue weighted by atomic mass is 10.2. The fourth-order valence-corrected chi connectivity index (χ4v) is 3.12. The second-order valence-corrected chi connectivity index (χ2v) is 5.48. The molecule has 0 bridgehead atoms. The van der Waals surface area contributed by atoms with E-state index >= 15 is 0 Å². The molecule has 1 saturated heterocycles. The van der Waals surface area contributed by atoms with Crippen LogP contribution in [-0.2, 0) is 10.0 Å². The first-order chi connectivity index (χ1) is 7.12. The molecule has 1 rings (SSSR count). The normalized spacial score (nSPS) is 20.2. The van der Waals surface area contributed by atoms with Gasteiger partial charge in [-0.2, -0.15) is 4.31 Å². The molecule has 1 heterocycles. The SMILES string of the molecule is C=C/C=C(\CO)S(=O)(=O)N1CCCCC1. The standard InChI is InChI=1S/C10H17NO3S/c1-2-6-10(9-12)15(13,14)11-7-4-3-5-8-11/h2,6,12H,1,3-5,7-9H2/b10-6+. The average Bonchev–Trinajstić information content (AvgIpc) is 2.27. The molecule has 86 valence electrons. The van der Waals surface area contributed by atoms with Gasteiger partial charge in [-0.1, -0.05) is 19.1 Å². The first kappa shape index (κ1) is 12.4. The zero-order valence-corrected chi connectivity index (χ0v) is 9.54. The van der Waals surface area contributed by atoms with E-state index < -0.39 is 16.6 Å². The molecule has 15 heavy (non-hydrogen) atoms. The Morgan fingerprint density at radius 2 is 1.93 bits per heavy atom. The molecule has 0 spiro atoms. The van der Waals surface area contributed by atoms with Crippen LogP contribution in [0.4, 0.5) is 0 Å². The summed E-state index contributed by atoms with van der Waals surface area (Å²) in [4.78, 5) is 0.0272. The highest BCUT2D eigenvalue weighted by Gasteiger charge is 2.26. The number of aliphatic hydroxyl groups is 1. The molecule has 0 radical (unpaired) electrons. The van der Waals surface area contributed by atoms with E-state index in [1.54, 1.807) is 0 Å². The number of hydrogen-bond donors (Lipinski definition) is 1. The van der Waals surface area contributed by atoms with Crippen molar-refractivity contribution < 1.29 is 13.5 Å². The zero-order chi connectivity index (χ0) is 11.3. The van der Waals surface area contributed by atoms with Gasteiger partial charge in [-0.3, -0.25) is 0 Å². The lowest BCUT2D eigenvalue weighted by Gasteiger charge is -2.26. The molecular formula is C10H17NO3S. The van der Waals surface area contributed by atoms with Crippen LogP contribution in [0.3, 0.4) is 0 Å². The largest absolute Gasteiger partial charge is 0.391 e. The molecule has 0 atom stereocenters. The Hall–Kier alpha value is -0.650. The minimum Gasteiger partial charge on any atom is -0.391 e. The Morgan fingerprint density at radius 3 is 2.40 bits per heavy atom. The minimum absolute atomic E-state index is 0.0272. The average molecular weight is 231 g/mol. The van der Waals surface area contributed by atoms with Crippen LogP contribution >= 0.6 is 0 Å². The highest BCUT2D eigenvalue weighted by Crippen LogP contribution is 2.18. The Labute approximate surface area is 91.0 Å². The third-order valence-corrected chi connectivity index (χ3v) is 4.42. The molecule has 0 aliphatic carbocycles. The van der Waals surface area contributed by atoms with Gasteiger partial charge >= 0.3 is 0 Å². The molecule has 1 N–H and O–H groups in total. The van der Waals surface area contributed by atoms with Crippen molar-refractivity contribution in [2.45, 2.75) is 19.3 Å². The number of allylic oxidation sites excluding steroid dienone is 2. The van der Waals surface area contributed by atoms with Gasteiger partial charge in [-0.05, 0) is 18.9 Å². The maximum absolute atomic E-state index is 12.0. The highest BCUT2D eigenvalue weighted by molar-refractivity contribution is 7.93. The number of rotatable bonds is 4. The summed E-state index contributed by atoms with van der Waals surface area (Å²) in [5.41, 5.74) is 0. The van der Waals surface area contributed by atoms with Crippen LogP contribution in [0.2, 0.25) is 0 Å². The van der Waals surface area contributed by atoms with E-state index in [0.717, 1.165) is 19.3 Å². The van der Waals surface area contributed by atoms with Crippen LogP contribution < -0.4 is 0 Å². The summed E-state index contributed by atoms with van der Waals surface area (Å²) in [5, 5.41) is 9.00. The molecule has 0 aromatic heterocycles. The van der Waals surface area contributed by atoms with E-state index in [-0.39, 0.29) is 4.91 Å². The van der Waals surface area contributed by atoms with Gasteiger partial charge in [0.2, 0.25) is 10.0 Å². The van der Waals surface area contributed by atoms with Crippen LogP contribution in [-0.4, -0.2) is 37.5 Å². The zero-order valence-electron chi connectivity index (χ0n) is 8.72. The van der Waals surface area contributed by atoms with Gasteiger partial charge in [0, 0.05) is 13.1 Å². The quantitative estimate of drug-likeness (QED) is 0.730. The second kappa shape index (κ2) is 5.44. The lowest BCUT2D eigenvalue weighted by Crippen LogP contribution is -2.37. The molecule has 0 saturated carbocycles. The predicted octanol–water partition coefficient (Wildman–Crippen LogP) is 0.864. The third kappa shape index (κ3) is 2.90. The Bertz CT molecular complexity index is 340. The molecule has 1 fully saturated rings. The van der Waals surface area contributed by atoms with Crippen molar-refractivity contribution in [1.29, 1.82) is 0 Å². The molecule has 0 aromatic carbocycles. The smallest absolute Gasteiger partial charge is 0.241 e. The summed E-state index contributed by atoms with van der Waals surface area (Å²) in [7, 11) is -3.46. The number of nitrogens with zero attached hydrogens (tertiary/aromatic N) is 1. The van der Waals surface area contributed by atoms with Gasteiger partial charge < -0.3 is 5.11 Å². The number of piperidine rings is 1. The van der Waals surface area contributed by atoms with Crippen LogP contribution in [0.25, 0.3) is 0 Å². The fourth-order valence-electron chi connectivity index (χ4n) is 1.62. The van der Waals surface area contributed by atoms with E-state index in [0.29, 0.717) is 13.1 Å². The van der Waals surface area contributed by atoms with Crippen LogP contribution in [0.1, 0.15) is 19.3 Å². The predicted molar refractivity (Wildman–Crippen MR) is 59.7 cm³/mol. The van der Waals surface area contributed by atoms with Crippen LogP contribution in [0, 0.1) is 0 Å². The second-order valence-electron chi connectivity index (χ2n) is 3.49. The van der Waals surface area contributed by atoms with Crippen molar-refractivity contribution >= 4 is 10.0 Å². The molecule has 0 amide bonds. The number of aliphatic hydroxyl groups excluding tert-OH is 1. The number of sulfonamides is 1. The topological polar surface area (TPSA) is 57.6 Å². The highest BCUT2D eigenvalue weighted by atomic mass is 32.2. The Morgan fingerprint density at radius 1 is 1.33 bits per heavy atom. The van der Waals surface area contributed by atoms with E-state index in [1.807, 2.05) is 0 Å². The molecule has 5 heteroatoms. The van der Waals surface area contributed by atoms with E-state index in [1.165, 1.54) is 16.5 Å². The van der Waals surface area contributed by atoms with E-state index in [9.17, 15) is 8.42 Å². The Kier molecular flexibility index (Phi) is 4.50. The summed E-state index contributed by atoms with van der Waals surface area (Å²) in [5.74, 6) is 0. The van der Waals surface area contributed by atoms with E-state index in [4.69, 9.17) is 5.11 Å². The van der Waals surface area contributed by atoms with Gasteiger partial charge in [-0.25, -0.2) is 8.42 Å². The first-order valence-electron chi connectivity index (χ1n) is 5.05. The molecular weight excluding hydrogens is 214 g/mol. The maximum atomic E-state index is 12.0. The van der Waals surface area contributed by atoms with Crippen molar-refractivity contribution in [2.75, 3.05) is 19.7 Å². The summed E-state index contributed by atoms with van der Waals surface area (Å²) >= 11 is 0. The van der Waals surface area contributed by atoms with Gasteiger partial charge in [0.05, 0.1) is 11.5 Å². The molecule has 0 unspecified atom stereocenters. The van der Waals surface area contributed by atoms with Crippen molar-refractivity contribution in [3.8, 4) is 0 Å². The summed E-state index contributed by atoms with van der Waals surface area (Å²) < 4.78 is 25.3. The van der Waals surface area contributed by atoms with Crippen LogP contribution in [0.5, 0.6) is 0 Å². The summed E-state index contributed by atoms with van der Waals surface area (Å²) in [6, 6.07) is 0. The molecule has 0 aromatic rings. The van der Waals surface area contributed by atoms with Crippen molar-refractivity contribution in [3.05, 3.63) is 23.6 Å². The van der Waals surface area contributed by atoms with Gasteiger partial charge in [0.1, 0.15) is 0 Å². The lowest BCUT2D eigenvalue weighted by molar-refractivity contribution is 0.324. The molecule has 1 aliphatic rings. The van der Waals surface area contributed by atoms with Gasteiger partial charge in [0.15, 0.2) is 0 Å². The third-order valence-electron chi connectivity index (χ3n) is 2.45. The van der Waals surface area contributed by atoms with Gasteiger partial charge in [0.25, 0.3) is 0 Å². The van der Waals surface area contributed by atoms with E-state index in [2.05, 4.69) is 6.58 Å². The first-order valence-corrected chi connectivity index (χ1v) is 6.49. The maximum Gasteiger partial charge on any atom is 0.241 e. The Balaban J connectivity index is 2.88. The van der Waals surface area contributed by atoms with Gasteiger partial charge in [-0.15, -0.1) is 0 Å². The monoisotopic (exact) mass is 231 g/mol. The van der Waals surface area contributed by atoms with Crippen LogP contribution in [0.15, 0.2) is 23.6 Å². The van der Waals surface area contributed by atoms with Crippen molar-refractivity contribution in [3.63, 3.8) is 0 Å². The molecule has 1 aliphatic heterocycles. The van der Waals surface area contributed by atoms with Crippen molar-refractivity contribution in [2.24, 2.45) is 0 Å². The fraction of sp³-hybridized carbons (Fsp3) is 0.600. The minimum atomic E-state index is -3.46. The van der Waals surface area contributed by atoms with Crippen molar-refractivity contribution in [1.82, 2.24) is 4.31 Å².